The molecule has 0 radical (unpaired) electrons. The van der Waals surface area contributed by atoms with Gasteiger partial charge in [-0.05, 0) is 13.3 Å². The molecule has 1 rings (SSSR count). The summed E-state index contributed by atoms with van der Waals surface area (Å²) in [6.45, 7) is 2.29. The molecule has 0 aliphatic rings. The summed E-state index contributed by atoms with van der Waals surface area (Å²) in [4.78, 5) is 0. The van der Waals surface area contributed by atoms with Crippen LogP contribution in [0.1, 0.15) is 23.8 Å². The Morgan fingerprint density at radius 3 is 2.93 bits per heavy atom. The first kappa shape index (κ1) is 11.7. The van der Waals surface area contributed by atoms with E-state index in [2.05, 4.69) is 11.2 Å². The first-order valence-electron chi connectivity index (χ1n) is 4.81. The first-order valence-corrected chi connectivity index (χ1v) is 4.81. The summed E-state index contributed by atoms with van der Waals surface area (Å²) < 4.78 is 6.99. The van der Waals surface area contributed by atoms with Crippen LogP contribution in [0.4, 0.5) is 0 Å². The van der Waals surface area contributed by atoms with Crippen LogP contribution in [0.5, 0.6) is 0 Å². The fourth-order valence-corrected chi connectivity index (χ4v) is 1.34. The quantitative estimate of drug-likeness (QED) is 0.724. The number of hydrogen-bond donors (Lipinski definition) is 1. The van der Waals surface area contributed by atoms with Crippen molar-refractivity contribution in [3.05, 3.63) is 17.5 Å². The highest BCUT2D eigenvalue weighted by atomic mass is 16.5. The number of hydrogen-bond acceptors (Lipinski definition) is 4. The Bertz CT molecular complexity index is 354. The van der Waals surface area contributed by atoms with Gasteiger partial charge in [0.25, 0.3) is 0 Å². The number of nitrogens with zero attached hydrogens (tertiary/aromatic N) is 3. The molecular formula is C10H15N3O2. The molecule has 1 heterocycles. The van der Waals surface area contributed by atoms with E-state index in [1.807, 2.05) is 6.92 Å². The molecule has 5 nitrogen and oxygen atoms in total. The lowest BCUT2D eigenvalue weighted by molar-refractivity contribution is 0.0770. The number of nitriles is 1. The van der Waals surface area contributed by atoms with Crippen LogP contribution in [0.15, 0.2) is 6.20 Å². The highest BCUT2D eigenvalue weighted by Crippen LogP contribution is 2.19. The Labute approximate surface area is 88.9 Å². The molecule has 0 amide bonds. The van der Waals surface area contributed by atoms with Crippen LogP contribution in [0.25, 0.3) is 0 Å². The average molecular weight is 209 g/mol. The maximum absolute atomic E-state index is 8.94. The number of rotatable bonds is 5. The summed E-state index contributed by atoms with van der Waals surface area (Å²) in [5, 5.41) is 21.7. The first-order chi connectivity index (χ1) is 7.19. The Morgan fingerprint density at radius 1 is 1.73 bits per heavy atom. The van der Waals surface area contributed by atoms with Gasteiger partial charge in [-0.2, -0.15) is 10.4 Å². The maximum Gasteiger partial charge on any atom is 0.172 e. The van der Waals surface area contributed by atoms with E-state index in [1.54, 1.807) is 17.9 Å². The van der Waals surface area contributed by atoms with Crippen molar-refractivity contribution >= 4 is 0 Å². The minimum Gasteiger partial charge on any atom is -0.396 e. The molecule has 1 unspecified atom stereocenters. The van der Waals surface area contributed by atoms with Gasteiger partial charge in [-0.1, -0.05) is 0 Å². The van der Waals surface area contributed by atoms with Gasteiger partial charge < -0.3 is 9.84 Å². The Balaban J connectivity index is 2.67. The average Bonchev–Trinajstić information content (AvgIpc) is 2.53. The third-order valence-electron chi connectivity index (χ3n) is 2.04. The van der Waals surface area contributed by atoms with Crippen LogP contribution in [0, 0.1) is 18.3 Å². The highest BCUT2D eigenvalue weighted by Gasteiger charge is 2.15. The van der Waals surface area contributed by atoms with Crippen molar-refractivity contribution in [2.45, 2.75) is 19.4 Å². The monoisotopic (exact) mass is 209 g/mol. The Hall–Kier alpha value is -1.38. The van der Waals surface area contributed by atoms with E-state index in [0.717, 1.165) is 11.3 Å². The fourth-order valence-electron chi connectivity index (χ4n) is 1.34. The summed E-state index contributed by atoms with van der Waals surface area (Å²) in [6.07, 6.45) is 1.73. The predicted molar refractivity (Wildman–Crippen MR) is 54.0 cm³/mol. The molecule has 0 saturated heterocycles. The Morgan fingerprint density at radius 2 is 2.47 bits per heavy atom. The molecule has 1 aromatic heterocycles. The van der Waals surface area contributed by atoms with Gasteiger partial charge >= 0.3 is 0 Å². The van der Waals surface area contributed by atoms with E-state index in [1.165, 1.54) is 0 Å². The van der Waals surface area contributed by atoms with Crippen LogP contribution < -0.4 is 0 Å². The lowest BCUT2D eigenvalue weighted by atomic mass is 10.1. The van der Waals surface area contributed by atoms with Crippen LogP contribution in [-0.2, 0) is 11.8 Å². The summed E-state index contributed by atoms with van der Waals surface area (Å²) in [7, 11) is 1.80. The molecule has 0 fully saturated rings. The summed E-state index contributed by atoms with van der Waals surface area (Å²) in [5.74, 6) is 0. The third-order valence-corrected chi connectivity index (χ3v) is 2.04. The number of aliphatic hydroxyl groups is 1. The van der Waals surface area contributed by atoms with Crippen molar-refractivity contribution in [1.29, 1.82) is 5.26 Å². The molecule has 15 heavy (non-hydrogen) atoms. The zero-order chi connectivity index (χ0) is 11.3. The van der Waals surface area contributed by atoms with Gasteiger partial charge in [0, 0.05) is 25.4 Å². The van der Waals surface area contributed by atoms with E-state index in [4.69, 9.17) is 15.1 Å². The molecule has 1 atom stereocenters. The molecule has 0 spiro atoms. The van der Waals surface area contributed by atoms with Crippen molar-refractivity contribution in [2.75, 3.05) is 13.2 Å². The van der Waals surface area contributed by atoms with E-state index < -0.39 is 6.10 Å². The van der Waals surface area contributed by atoms with E-state index in [-0.39, 0.29) is 6.61 Å². The molecule has 0 saturated carbocycles. The van der Waals surface area contributed by atoms with Gasteiger partial charge in [0.05, 0.1) is 18.4 Å². The van der Waals surface area contributed by atoms with E-state index in [0.29, 0.717) is 13.0 Å². The largest absolute Gasteiger partial charge is 0.396 e. The third kappa shape index (κ3) is 3.05. The predicted octanol–water partition coefficient (Wildman–Crippen LogP) is 0.692. The van der Waals surface area contributed by atoms with Crippen LogP contribution in [0.2, 0.25) is 0 Å². The zero-order valence-electron chi connectivity index (χ0n) is 8.97. The summed E-state index contributed by atoms with van der Waals surface area (Å²) in [5.41, 5.74) is 1.59. The standard InChI is InChI=1S/C10H15N3O2/c1-8-9(7-13(2)12-8)10(6-11)15-5-3-4-14/h7,10,14H,3-5H2,1-2H3. The van der Waals surface area contributed by atoms with E-state index >= 15 is 0 Å². The number of aromatic nitrogens is 2. The normalized spacial score (nSPS) is 12.4. The van der Waals surface area contributed by atoms with Crippen molar-refractivity contribution in [1.82, 2.24) is 9.78 Å². The summed E-state index contributed by atoms with van der Waals surface area (Å²) >= 11 is 0. The van der Waals surface area contributed by atoms with Gasteiger partial charge in [0.1, 0.15) is 0 Å². The van der Waals surface area contributed by atoms with Crippen molar-refractivity contribution in [2.24, 2.45) is 7.05 Å². The zero-order valence-corrected chi connectivity index (χ0v) is 8.97. The van der Waals surface area contributed by atoms with Gasteiger partial charge in [0.15, 0.2) is 6.10 Å². The molecule has 0 aliphatic heterocycles. The minimum atomic E-state index is -0.592. The smallest absolute Gasteiger partial charge is 0.172 e. The van der Waals surface area contributed by atoms with Crippen LogP contribution >= 0.6 is 0 Å². The lowest BCUT2D eigenvalue weighted by Crippen LogP contribution is -2.05. The Kier molecular flexibility index (Phi) is 4.28. The van der Waals surface area contributed by atoms with E-state index in [9.17, 15) is 0 Å². The number of aliphatic hydroxyl groups excluding tert-OH is 1. The highest BCUT2D eigenvalue weighted by molar-refractivity contribution is 5.23. The second-order valence-corrected chi connectivity index (χ2v) is 3.30. The number of aryl methyl sites for hydroxylation is 2. The molecule has 82 valence electrons. The fraction of sp³-hybridized carbons (Fsp3) is 0.600. The lowest BCUT2D eigenvalue weighted by Gasteiger charge is -2.08. The topological polar surface area (TPSA) is 71.1 Å². The second kappa shape index (κ2) is 5.49. The van der Waals surface area contributed by atoms with Crippen LogP contribution in [-0.4, -0.2) is 28.1 Å². The molecule has 1 N–H and O–H groups in total. The second-order valence-electron chi connectivity index (χ2n) is 3.30. The molecule has 1 aromatic rings. The van der Waals surface area contributed by atoms with Gasteiger partial charge in [-0.25, -0.2) is 0 Å². The maximum atomic E-state index is 8.94. The molecule has 0 aromatic carbocycles. The van der Waals surface area contributed by atoms with Crippen LogP contribution in [0.3, 0.4) is 0 Å². The van der Waals surface area contributed by atoms with Gasteiger partial charge in [-0.3, -0.25) is 4.68 Å². The van der Waals surface area contributed by atoms with Crippen molar-refractivity contribution in [3.8, 4) is 6.07 Å². The minimum absolute atomic E-state index is 0.0736. The molecule has 0 bridgehead atoms. The van der Waals surface area contributed by atoms with Crippen molar-refractivity contribution in [3.63, 3.8) is 0 Å². The molecule has 5 heteroatoms. The molecule has 0 aliphatic carbocycles. The van der Waals surface area contributed by atoms with Crippen molar-refractivity contribution < 1.29 is 9.84 Å². The molecular weight excluding hydrogens is 194 g/mol. The van der Waals surface area contributed by atoms with Gasteiger partial charge in [0.2, 0.25) is 0 Å². The number of ether oxygens (including phenoxy) is 1. The summed E-state index contributed by atoms with van der Waals surface area (Å²) in [6, 6.07) is 2.07. The van der Waals surface area contributed by atoms with Gasteiger partial charge in [-0.15, -0.1) is 0 Å². The SMILES string of the molecule is Cc1nn(C)cc1C(C#N)OCCCO.